The summed E-state index contributed by atoms with van der Waals surface area (Å²) < 4.78 is 31.6. The number of nitrogens with zero attached hydrogens (tertiary/aromatic N) is 2. The molecule has 1 amide bonds. The number of carbonyl (C=O) groups excluding carboxylic acids is 2. The van der Waals surface area contributed by atoms with Crippen LogP contribution in [0.25, 0.3) is 0 Å². The summed E-state index contributed by atoms with van der Waals surface area (Å²) in [6.45, 7) is 3.43. The van der Waals surface area contributed by atoms with Crippen molar-refractivity contribution in [1.29, 1.82) is 5.26 Å². The van der Waals surface area contributed by atoms with Gasteiger partial charge in [0, 0.05) is 19.0 Å². The minimum atomic E-state index is -3.80. The number of hydrogen-bond donors (Lipinski definition) is 1. The van der Waals surface area contributed by atoms with Crippen LogP contribution in [0.3, 0.4) is 0 Å². The topological polar surface area (TPSA) is 117 Å². The second-order valence-electron chi connectivity index (χ2n) is 6.89. The number of carbonyl (C=O) groups is 2. The molecule has 1 saturated heterocycles. The molecule has 1 heterocycles. The van der Waals surface area contributed by atoms with E-state index in [0.29, 0.717) is 12.8 Å². The molecule has 2 rings (SSSR count). The number of ether oxygens (including phenoxy) is 1. The van der Waals surface area contributed by atoms with Crippen molar-refractivity contribution in [2.45, 2.75) is 37.1 Å². The van der Waals surface area contributed by atoms with Crippen LogP contribution in [-0.2, 0) is 24.3 Å². The van der Waals surface area contributed by atoms with Gasteiger partial charge < -0.3 is 10.1 Å². The number of sulfonamides is 1. The number of methoxy groups -OCH3 is 1. The second kappa shape index (κ2) is 8.06. The SMILES string of the molecule is COC(=O)C(C)(C)NC(=O)C1CCN(S(=O)(=O)c2ccccc2C#N)CC1. The van der Waals surface area contributed by atoms with E-state index in [9.17, 15) is 18.0 Å². The summed E-state index contributed by atoms with van der Waals surface area (Å²) in [6, 6.07) is 7.95. The highest BCUT2D eigenvalue weighted by molar-refractivity contribution is 7.89. The molecule has 146 valence electrons. The Kier molecular flexibility index (Phi) is 6.23. The van der Waals surface area contributed by atoms with Gasteiger partial charge in [0.25, 0.3) is 0 Å². The van der Waals surface area contributed by atoms with Gasteiger partial charge in [-0.1, -0.05) is 12.1 Å². The molecule has 0 saturated carbocycles. The maximum atomic E-state index is 12.8. The normalized spacial score (nSPS) is 16.4. The number of nitrogens with one attached hydrogen (secondary N) is 1. The van der Waals surface area contributed by atoms with Crippen LogP contribution in [0.4, 0.5) is 0 Å². The third-order valence-corrected chi connectivity index (χ3v) is 6.54. The Bertz CT molecular complexity index is 865. The van der Waals surface area contributed by atoms with Crippen LogP contribution in [0, 0.1) is 17.2 Å². The lowest BCUT2D eigenvalue weighted by Crippen LogP contribution is -2.53. The molecule has 9 heteroatoms. The fraction of sp³-hybridized carbons (Fsp3) is 0.500. The summed E-state index contributed by atoms with van der Waals surface area (Å²) in [4.78, 5) is 24.1. The van der Waals surface area contributed by atoms with Crippen LogP contribution >= 0.6 is 0 Å². The zero-order valence-corrected chi connectivity index (χ0v) is 16.4. The third kappa shape index (κ3) is 4.46. The third-order valence-electron chi connectivity index (χ3n) is 4.58. The molecule has 0 aliphatic carbocycles. The fourth-order valence-corrected chi connectivity index (χ4v) is 4.61. The van der Waals surface area contributed by atoms with E-state index in [1.807, 2.05) is 6.07 Å². The molecular formula is C18H23N3O5S. The van der Waals surface area contributed by atoms with Gasteiger partial charge >= 0.3 is 5.97 Å². The highest BCUT2D eigenvalue weighted by Crippen LogP contribution is 2.26. The lowest BCUT2D eigenvalue weighted by Gasteiger charge is -2.32. The number of benzene rings is 1. The highest BCUT2D eigenvalue weighted by Gasteiger charge is 2.36. The van der Waals surface area contributed by atoms with E-state index >= 15 is 0 Å². The summed E-state index contributed by atoms with van der Waals surface area (Å²) in [5.41, 5.74) is -1.06. The molecule has 0 aromatic heterocycles. The molecule has 27 heavy (non-hydrogen) atoms. The zero-order chi connectivity index (χ0) is 20.2. The van der Waals surface area contributed by atoms with Crippen LogP contribution in [0.5, 0.6) is 0 Å². The maximum absolute atomic E-state index is 12.8. The van der Waals surface area contributed by atoms with Crippen LogP contribution in [0.2, 0.25) is 0 Å². The first-order chi connectivity index (χ1) is 12.6. The minimum absolute atomic E-state index is 0.0257. The van der Waals surface area contributed by atoms with E-state index in [1.165, 1.54) is 23.5 Å². The second-order valence-corrected chi connectivity index (χ2v) is 8.80. The predicted octanol–water partition coefficient (Wildman–Crippen LogP) is 1.03. The van der Waals surface area contributed by atoms with Crippen LogP contribution in [0.15, 0.2) is 29.2 Å². The fourth-order valence-electron chi connectivity index (χ4n) is 3.00. The largest absolute Gasteiger partial charge is 0.467 e. The number of esters is 1. The average Bonchev–Trinajstić information content (AvgIpc) is 2.66. The molecule has 1 aromatic carbocycles. The minimum Gasteiger partial charge on any atom is -0.467 e. The van der Waals surface area contributed by atoms with Gasteiger partial charge in [-0.05, 0) is 38.8 Å². The predicted molar refractivity (Wildman–Crippen MR) is 96.9 cm³/mol. The van der Waals surface area contributed by atoms with E-state index < -0.39 is 27.4 Å². The number of amides is 1. The van der Waals surface area contributed by atoms with Crippen molar-refractivity contribution in [1.82, 2.24) is 9.62 Å². The Morgan fingerprint density at radius 3 is 2.41 bits per heavy atom. The molecule has 0 spiro atoms. The lowest BCUT2D eigenvalue weighted by molar-refractivity contribution is -0.150. The van der Waals surface area contributed by atoms with E-state index in [2.05, 4.69) is 10.1 Å². The first-order valence-corrected chi connectivity index (χ1v) is 9.97. The standard InChI is InChI=1S/C18H23N3O5S/c1-18(2,17(23)26-3)20-16(22)13-8-10-21(11-9-13)27(24,25)15-7-5-4-6-14(15)12-19/h4-7,13H,8-11H2,1-3H3,(H,20,22). The molecule has 1 aromatic rings. The van der Waals surface area contributed by atoms with Gasteiger partial charge in [0.05, 0.1) is 17.6 Å². The molecule has 8 nitrogen and oxygen atoms in total. The lowest BCUT2D eigenvalue weighted by atomic mass is 9.95. The van der Waals surface area contributed by atoms with Crippen molar-refractivity contribution < 1.29 is 22.7 Å². The Hall–Kier alpha value is -2.44. The Morgan fingerprint density at radius 1 is 1.26 bits per heavy atom. The molecule has 1 aliphatic rings. The van der Waals surface area contributed by atoms with Gasteiger partial charge in [-0.3, -0.25) is 4.79 Å². The van der Waals surface area contributed by atoms with Crippen LogP contribution in [-0.4, -0.2) is 50.3 Å². The van der Waals surface area contributed by atoms with Gasteiger partial charge in [-0.2, -0.15) is 9.57 Å². The number of piperidine rings is 1. The molecule has 0 atom stereocenters. The molecule has 1 aliphatic heterocycles. The van der Waals surface area contributed by atoms with Crippen molar-refractivity contribution in [3.63, 3.8) is 0 Å². The van der Waals surface area contributed by atoms with Gasteiger partial charge in [-0.15, -0.1) is 0 Å². The number of nitriles is 1. The van der Waals surface area contributed by atoms with Crippen molar-refractivity contribution in [3.05, 3.63) is 29.8 Å². The molecular weight excluding hydrogens is 370 g/mol. The van der Waals surface area contributed by atoms with Gasteiger partial charge in [0.15, 0.2) is 0 Å². The smallest absolute Gasteiger partial charge is 0.330 e. The van der Waals surface area contributed by atoms with Crippen molar-refractivity contribution in [2.24, 2.45) is 5.92 Å². The summed E-state index contributed by atoms with van der Waals surface area (Å²) >= 11 is 0. The monoisotopic (exact) mass is 393 g/mol. The molecule has 0 unspecified atom stereocenters. The quantitative estimate of drug-likeness (QED) is 0.747. The summed E-state index contributed by atoms with van der Waals surface area (Å²) in [6.07, 6.45) is 0.661. The Labute approximate surface area is 159 Å². The van der Waals surface area contributed by atoms with Gasteiger partial charge in [0.1, 0.15) is 11.6 Å². The van der Waals surface area contributed by atoms with E-state index in [1.54, 1.807) is 26.0 Å². The first kappa shape index (κ1) is 20.9. The van der Waals surface area contributed by atoms with E-state index in [4.69, 9.17) is 5.26 Å². The Morgan fingerprint density at radius 2 is 1.85 bits per heavy atom. The van der Waals surface area contributed by atoms with E-state index in [0.717, 1.165) is 0 Å². The summed E-state index contributed by atoms with van der Waals surface area (Å²) in [5, 5.41) is 11.8. The molecule has 0 radical (unpaired) electrons. The van der Waals surface area contributed by atoms with Crippen molar-refractivity contribution >= 4 is 21.9 Å². The van der Waals surface area contributed by atoms with Crippen molar-refractivity contribution in [2.75, 3.05) is 20.2 Å². The van der Waals surface area contributed by atoms with Crippen LogP contribution < -0.4 is 5.32 Å². The van der Waals surface area contributed by atoms with Crippen molar-refractivity contribution in [3.8, 4) is 6.07 Å². The molecule has 1 N–H and O–H groups in total. The van der Waals surface area contributed by atoms with Crippen LogP contribution in [0.1, 0.15) is 32.3 Å². The van der Waals surface area contributed by atoms with Gasteiger partial charge in [-0.25, -0.2) is 13.2 Å². The zero-order valence-electron chi connectivity index (χ0n) is 15.6. The number of hydrogen-bond acceptors (Lipinski definition) is 6. The average molecular weight is 393 g/mol. The van der Waals surface area contributed by atoms with E-state index in [-0.39, 0.29) is 29.5 Å². The summed E-state index contributed by atoms with van der Waals surface area (Å²) in [5.74, 6) is -1.25. The number of rotatable bonds is 5. The maximum Gasteiger partial charge on any atom is 0.330 e. The van der Waals surface area contributed by atoms with Gasteiger partial charge in [0.2, 0.25) is 15.9 Å². The molecule has 1 fully saturated rings. The summed E-state index contributed by atoms with van der Waals surface area (Å²) in [7, 11) is -2.55. The Balaban J connectivity index is 2.06. The highest BCUT2D eigenvalue weighted by atomic mass is 32.2. The first-order valence-electron chi connectivity index (χ1n) is 8.53. The molecule has 0 bridgehead atoms.